The summed E-state index contributed by atoms with van der Waals surface area (Å²) in [4.78, 5) is 19.8. The highest BCUT2D eigenvalue weighted by Crippen LogP contribution is 2.27. The van der Waals surface area contributed by atoms with E-state index < -0.39 is 0 Å². The third kappa shape index (κ3) is 4.51. The molecule has 0 saturated heterocycles. The second-order valence-electron chi connectivity index (χ2n) is 4.74. The van der Waals surface area contributed by atoms with Crippen LogP contribution in [0.25, 0.3) is 11.1 Å². The van der Waals surface area contributed by atoms with E-state index >= 15 is 0 Å². The minimum Gasteiger partial charge on any atom is -0.468 e. The number of benzene rings is 1. The predicted octanol–water partition coefficient (Wildman–Crippen LogP) is 2.10. The van der Waals surface area contributed by atoms with Gasteiger partial charge in [-0.3, -0.25) is 4.79 Å². The Balaban J connectivity index is 2.24. The number of hydrogen-bond donors (Lipinski definition) is 0. The number of rotatable bonds is 7. The molecule has 0 saturated carbocycles. The molecule has 0 bridgehead atoms. The number of carbonyl (C=O) groups excluding carboxylic acids is 1. The van der Waals surface area contributed by atoms with E-state index in [0.717, 1.165) is 0 Å². The summed E-state index contributed by atoms with van der Waals surface area (Å²) in [7, 11) is 1.53. The average molecular weight is 327 g/mol. The Hall–Kier alpha value is -2.98. The molecule has 0 atom stereocenters. The lowest BCUT2D eigenvalue weighted by atomic mass is 10.0. The first kappa shape index (κ1) is 17.4. The lowest BCUT2D eigenvalue weighted by Gasteiger charge is -2.09. The van der Waals surface area contributed by atoms with Crippen LogP contribution in [0.4, 0.5) is 0 Å². The number of esters is 1. The van der Waals surface area contributed by atoms with E-state index in [-0.39, 0.29) is 19.2 Å². The van der Waals surface area contributed by atoms with Crippen molar-refractivity contribution < 1.29 is 19.0 Å². The number of aromatic nitrogens is 2. The molecule has 2 aromatic rings. The molecule has 0 spiro atoms. The first-order valence-electron chi connectivity index (χ1n) is 7.30. The van der Waals surface area contributed by atoms with Crippen LogP contribution in [0.2, 0.25) is 0 Å². The van der Waals surface area contributed by atoms with Gasteiger partial charge in [-0.25, -0.2) is 9.97 Å². The lowest BCUT2D eigenvalue weighted by molar-refractivity contribution is -0.142. The van der Waals surface area contributed by atoms with Crippen molar-refractivity contribution in [3.63, 3.8) is 0 Å². The first-order chi connectivity index (χ1) is 11.7. The molecule has 0 unspecified atom stereocenters. The smallest absolute Gasteiger partial charge is 0.313 e. The van der Waals surface area contributed by atoms with Crippen molar-refractivity contribution in [1.82, 2.24) is 9.97 Å². The monoisotopic (exact) mass is 327 g/mol. The third-order valence-electron chi connectivity index (χ3n) is 3.08. The zero-order valence-electron chi connectivity index (χ0n) is 13.5. The van der Waals surface area contributed by atoms with E-state index in [4.69, 9.17) is 14.2 Å². The van der Waals surface area contributed by atoms with Gasteiger partial charge >= 0.3 is 5.97 Å². The van der Waals surface area contributed by atoms with Crippen LogP contribution in [0.3, 0.4) is 0 Å². The topological polar surface area (TPSA) is 94.3 Å². The molecule has 24 heavy (non-hydrogen) atoms. The molecule has 0 N–H and O–H groups in total. The van der Waals surface area contributed by atoms with Crippen molar-refractivity contribution in [2.45, 2.75) is 13.3 Å². The van der Waals surface area contributed by atoms with Crippen molar-refractivity contribution >= 4 is 5.97 Å². The Morgan fingerprint density at radius 2 is 2.04 bits per heavy atom. The zero-order valence-corrected chi connectivity index (χ0v) is 13.5. The summed E-state index contributed by atoms with van der Waals surface area (Å²) in [5.41, 5.74) is 1.78. The van der Waals surface area contributed by atoms with Crippen LogP contribution in [0.15, 0.2) is 30.6 Å². The SMILES string of the molecule is CCOC(=O)Cc1ncc(-c2cc(OCOC)ccc2C#N)cn1. The molecule has 1 aromatic carbocycles. The number of methoxy groups -OCH3 is 1. The normalized spacial score (nSPS) is 10.0. The fourth-order valence-corrected chi connectivity index (χ4v) is 2.00. The van der Waals surface area contributed by atoms with Crippen LogP contribution >= 0.6 is 0 Å². The van der Waals surface area contributed by atoms with Gasteiger partial charge in [0.25, 0.3) is 0 Å². The summed E-state index contributed by atoms with van der Waals surface area (Å²) in [5, 5.41) is 9.26. The Morgan fingerprint density at radius 1 is 1.29 bits per heavy atom. The molecular formula is C17H17N3O4. The highest BCUT2D eigenvalue weighted by molar-refractivity contribution is 5.72. The molecule has 7 nitrogen and oxygen atoms in total. The van der Waals surface area contributed by atoms with Gasteiger partial charge in [0, 0.05) is 30.6 Å². The van der Waals surface area contributed by atoms with Gasteiger partial charge in [-0.2, -0.15) is 5.26 Å². The standard InChI is InChI=1S/C17H17N3O4/c1-3-23-17(21)7-16-19-9-13(10-20-16)15-6-14(24-11-22-2)5-4-12(15)8-18/h4-6,9-10H,3,7,11H2,1-2H3. The zero-order chi connectivity index (χ0) is 17.4. The van der Waals surface area contributed by atoms with E-state index in [0.29, 0.717) is 34.9 Å². The number of nitrogens with zero attached hydrogens (tertiary/aromatic N) is 3. The second-order valence-corrected chi connectivity index (χ2v) is 4.74. The fourth-order valence-electron chi connectivity index (χ4n) is 2.00. The maximum atomic E-state index is 11.4. The number of carbonyl (C=O) groups is 1. The average Bonchev–Trinajstić information content (AvgIpc) is 2.60. The Labute approximate surface area is 139 Å². The summed E-state index contributed by atoms with van der Waals surface area (Å²) in [6.45, 7) is 2.17. The molecule has 0 aliphatic carbocycles. The minimum atomic E-state index is -0.377. The number of ether oxygens (including phenoxy) is 3. The lowest BCUT2D eigenvalue weighted by Crippen LogP contribution is -2.10. The largest absolute Gasteiger partial charge is 0.468 e. The van der Waals surface area contributed by atoms with Gasteiger partial charge in [-0.15, -0.1) is 0 Å². The summed E-state index contributed by atoms with van der Waals surface area (Å²) in [6, 6.07) is 7.20. The van der Waals surface area contributed by atoms with Crippen LogP contribution in [0.5, 0.6) is 5.75 Å². The highest BCUT2D eigenvalue weighted by Gasteiger charge is 2.10. The molecular weight excluding hydrogens is 310 g/mol. The summed E-state index contributed by atoms with van der Waals surface area (Å²) >= 11 is 0. The molecule has 7 heteroatoms. The Morgan fingerprint density at radius 3 is 2.67 bits per heavy atom. The van der Waals surface area contributed by atoms with Gasteiger partial charge in [0.05, 0.1) is 18.2 Å². The van der Waals surface area contributed by atoms with Crippen LogP contribution in [-0.4, -0.2) is 36.4 Å². The van der Waals surface area contributed by atoms with E-state index in [1.807, 2.05) is 0 Å². The van der Waals surface area contributed by atoms with Crippen molar-refractivity contribution in [3.8, 4) is 22.9 Å². The Bertz CT molecular complexity index is 738. The quantitative estimate of drug-likeness (QED) is 0.567. The maximum absolute atomic E-state index is 11.4. The van der Waals surface area contributed by atoms with E-state index in [1.165, 1.54) is 7.11 Å². The molecule has 0 aliphatic heterocycles. The summed E-state index contributed by atoms with van der Waals surface area (Å²) in [5.74, 6) is 0.557. The molecule has 0 aliphatic rings. The minimum absolute atomic E-state index is 0.0101. The van der Waals surface area contributed by atoms with E-state index in [1.54, 1.807) is 37.5 Å². The van der Waals surface area contributed by atoms with Crippen molar-refractivity contribution in [2.24, 2.45) is 0 Å². The summed E-state index contributed by atoms with van der Waals surface area (Å²) in [6.07, 6.45) is 3.14. The van der Waals surface area contributed by atoms with Gasteiger partial charge in [-0.1, -0.05) is 0 Å². The van der Waals surface area contributed by atoms with Crippen molar-refractivity contribution in [3.05, 3.63) is 42.0 Å². The molecule has 124 valence electrons. The van der Waals surface area contributed by atoms with Gasteiger partial charge in [0.1, 0.15) is 18.0 Å². The van der Waals surface area contributed by atoms with Gasteiger partial charge in [-0.05, 0) is 25.1 Å². The van der Waals surface area contributed by atoms with Crippen LogP contribution < -0.4 is 4.74 Å². The molecule has 1 aromatic heterocycles. The van der Waals surface area contributed by atoms with Gasteiger partial charge in [0.2, 0.25) is 0 Å². The number of hydrogen-bond acceptors (Lipinski definition) is 7. The fraction of sp³-hybridized carbons (Fsp3) is 0.294. The molecule has 0 radical (unpaired) electrons. The van der Waals surface area contributed by atoms with Gasteiger partial charge in [0.15, 0.2) is 6.79 Å². The van der Waals surface area contributed by atoms with E-state index in [2.05, 4.69) is 16.0 Å². The highest BCUT2D eigenvalue weighted by atomic mass is 16.7. The van der Waals surface area contributed by atoms with Crippen LogP contribution in [0, 0.1) is 11.3 Å². The molecule has 0 fully saturated rings. The van der Waals surface area contributed by atoms with Crippen molar-refractivity contribution in [1.29, 1.82) is 5.26 Å². The molecule has 2 rings (SSSR count). The van der Waals surface area contributed by atoms with Gasteiger partial charge < -0.3 is 14.2 Å². The Kier molecular flexibility index (Phi) is 6.23. The van der Waals surface area contributed by atoms with E-state index in [9.17, 15) is 10.1 Å². The second kappa shape index (κ2) is 8.60. The third-order valence-corrected chi connectivity index (χ3v) is 3.08. The first-order valence-corrected chi connectivity index (χ1v) is 7.30. The number of nitriles is 1. The van der Waals surface area contributed by atoms with Crippen LogP contribution in [0.1, 0.15) is 18.3 Å². The molecule has 0 amide bonds. The predicted molar refractivity (Wildman–Crippen MR) is 85.0 cm³/mol. The van der Waals surface area contributed by atoms with Crippen LogP contribution in [-0.2, 0) is 20.7 Å². The molecule has 1 heterocycles. The van der Waals surface area contributed by atoms with Crippen molar-refractivity contribution in [2.75, 3.05) is 20.5 Å². The summed E-state index contributed by atoms with van der Waals surface area (Å²) < 4.78 is 15.1. The maximum Gasteiger partial charge on any atom is 0.313 e.